The van der Waals surface area contributed by atoms with Crippen molar-refractivity contribution in [3.8, 4) is 0 Å². The number of halogens is 5. The van der Waals surface area contributed by atoms with Crippen molar-refractivity contribution in [3.63, 3.8) is 0 Å². The molecule has 1 aliphatic rings. The molecule has 0 aliphatic carbocycles. The maximum Gasteiger partial charge on any atom is 0.328 e. The average Bonchev–Trinajstić information content (AvgIpc) is 2.85. The standard InChI is InChI=1S/C20H20ClF4N3O.C4H4O4/c21-16-9-13(2-4-17(16)22)19(29)28-7-5-20(25,6-8-28)12-26-11-15-3-1-14(10-27-15)18(23)24;5-3(6)1-2-4(7)8/h1-4,9-10,18,26H,5-8,11-12H2;1-2H,(H,5,6)(H,7,8)/b;2-1+. The third kappa shape index (κ3) is 9.81. The Morgan fingerprint density at radius 3 is 2.22 bits per heavy atom. The molecule has 0 unspecified atom stereocenters. The lowest BCUT2D eigenvalue weighted by molar-refractivity contribution is -0.134. The van der Waals surface area contributed by atoms with Crippen molar-refractivity contribution in [1.29, 1.82) is 0 Å². The number of nitrogens with one attached hydrogen (secondary N) is 1. The Morgan fingerprint density at radius 2 is 1.73 bits per heavy atom. The van der Waals surface area contributed by atoms with Crippen LogP contribution < -0.4 is 5.32 Å². The Balaban J connectivity index is 0.000000521. The highest BCUT2D eigenvalue weighted by molar-refractivity contribution is 6.31. The quantitative estimate of drug-likeness (QED) is 0.335. The van der Waals surface area contributed by atoms with E-state index < -0.39 is 29.9 Å². The molecule has 0 spiro atoms. The monoisotopic (exact) mass is 545 g/mol. The zero-order valence-corrected chi connectivity index (χ0v) is 20.1. The highest BCUT2D eigenvalue weighted by Crippen LogP contribution is 2.27. The van der Waals surface area contributed by atoms with Crippen LogP contribution in [0.15, 0.2) is 48.7 Å². The van der Waals surface area contributed by atoms with Gasteiger partial charge in [-0.1, -0.05) is 11.6 Å². The van der Waals surface area contributed by atoms with E-state index in [4.69, 9.17) is 21.8 Å². The minimum Gasteiger partial charge on any atom is -0.478 e. The fourth-order valence-corrected chi connectivity index (χ4v) is 3.51. The summed E-state index contributed by atoms with van der Waals surface area (Å²) >= 11 is 5.72. The van der Waals surface area contributed by atoms with Crippen LogP contribution in [-0.4, -0.2) is 63.2 Å². The van der Waals surface area contributed by atoms with Crippen LogP contribution in [0.1, 0.15) is 40.9 Å². The van der Waals surface area contributed by atoms with E-state index in [2.05, 4.69) is 10.3 Å². The summed E-state index contributed by atoms with van der Waals surface area (Å²) < 4.78 is 53.3. The van der Waals surface area contributed by atoms with E-state index in [1.807, 2.05) is 0 Å². The molecule has 2 aromatic rings. The number of amides is 1. The molecule has 1 saturated heterocycles. The number of carbonyl (C=O) groups excluding carboxylic acids is 1. The maximum atomic E-state index is 15.0. The van der Waals surface area contributed by atoms with Gasteiger partial charge >= 0.3 is 11.9 Å². The Kier molecular flexibility index (Phi) is 11.0. The van der Waals surface area contributed by atoms with Gasteiger partial charge in [0.05, 0.1) is 10.7 Å². The van der Waals surface area contributed by atoms with E-state index >= 15 is 4.39 Å². The molecule has 1 aromatic heterocycles. The lowest BCUT2D eigenvalue weighted by atomic mass is 9.92. The van der Waals surface area contributed by atoms with Gasteiger partial charge in [0.2, 0.25) is 0 Å². The second-order valence-corrected chi connectivity index (χ2v) is 8.48. The van der Waals surface area contributed by atoms with Crippen LogP contribution in [-0.2, 0) is 16.1 Å². The molecular weight excluding hydrogens is 522 g/mol. The first-order valence-corrected chi connectivity index (χ1v) is 11.3. The van der Waals surface area contributed by atoms with Crippen molar-refractivity contribution in [2.45, 2.75) is 31.5 Å². The van der Waals surface area contributed by atoms with Gasteiger partial charge in [0, 0.05) is 68.5 Å². The lowest BCUT2D eigenvalue weighted by Gasteiger charge is -2.36. The first-order chi connectivity index (χ1) is 17.4. The molecule has 37 heavy (non-hydrogen) atoms. The van der Waals surface area contributed by atoms with Gasteiger partial charge in [0.1, 0.15) is 11.5 Å². The topological polar surface area (TPSA) is 120 Å². The molecular formula is C24H24ClF4N3O5. The van der Waals surface area contributed by atoms with Gasteiger partial charge in [-0.15, -0.1) is 0 Å². The highest BCUT2D eigenvalue weighted by atomic mass is 35.5. The van der Waals surface area contributed by atoms with E-state index in [0.717, 1.165) is 12.3 Å². The maximum absolute atomic E-state index is 15.0. The minimum atomic E-state index is -2.57. The molecule has 0 bridgehead atoms. The van der Waals surface area contributed by atoms with Crippen LogP contribution in [0.25, 0.3) is 0 Å². The largest absolute Gasteiger partial charge is 0.478 e. The van der Waals surface area contributed by atoms with Gasteiger partial charge in [-0.05, 0) is 30.3 Å². The number of aromatic nitrogens is 1. The van der Waals surface area contributed by atoms with Crippen LogP contribution >= 0.6 is 11.6 Å². The Bertz CT molecular complexity index is 1110. The van der Waals surface area contributed by atoms with Crippen LogP contribution in [0, 0.1) is 5.82 Å². The number of pyridine rings is 1. The second-order valence-electron chi connectivity index (χ2n) is 8.07. The van der Waals surface area contributed by atoms with Gasteiger partial charge in [0.25, 0.3) is 12.3 Å². The predicted octanol–water partition coefficient (Wildman–Crippen LogP) is 4.26. The highest BCUT2D eigenvalue weighted by Gasteiger charge is 2.36. The van der Waals surface area contributed by atoms with Crippen LogP contribution in [0.3, 0.4) is 0 Å². The summed E-state index contributed by atoms with van der Waals surface area (Å²) in [5.74, 6) is -3.43. The second kappa shape index (κ2) is 13.7. The summed E-state index contributed by atoms with van der Waals surface area (Å²) in [7, 11) is 0. The molecule has 1 fully saturated rings. The number of carboxylic acid groups (broad SMARTS) is 2. The zero-order valence-electron chi connectivity index (χ0n) is 19.3. The summed E-state index contributed by atoms with van der Waals surface area (Å²) in [6.45, 7) is 0.780. The first-order valence-electron chi connectivity index (χ1n) is 10.9. The Hall–Kier alpha value is -3.51. The van der Waals surface area contributed by atoms with E-state index in [1.54, 1.807) is 0 Å². The number of carboxylic acids is 2. The zero-order chi connectivity index (χ0) is 27.6. The summed E-state index contributed by atoms with van der Waals surface area (Å²) in [4.78, 5) is 37.1. The van der Waals surface area contributed by atoms with Gasteiger partial charge in [-0.25, -0.2) is 27.2 Å². The molecule has 1 aromatic carbocycles. The van der Waals surface area contributed by atoms with Gasteiger partial charge < -0.3 is 20.4 Å². The Labute approximate surface area is 214 Å². The number of carbonyl (C=O) groups is 3. The number of nitrogens with zero attached hydrogens (tertiary/aromatic N) is 2. The number of likely N-dealkylation sites (tertiary alicyclic amines) is 1. The first kappa shape index (κ1) is 29.7. The molecule has 3 rings (SSSR count). The number of alkyl halides is 3. The molecule has 0 atom stereocenters. The summed E-state index contributed by atoms with van der Waals surface area (Å²) in [6.07, 6.45) is -0.0438. The molecule has 2 heterocycles. The number of aliphatic carboxylic acids is 2. The van der Waals surface area contributed by atoms with Crippen molar-refractivity contribution in [2.75, 3.05) is 19.6 Å². The van der Waals surface area contributed by atoms with Gasteiger partial charge in [-0.3, -0.25) is 9.78 Å². The van der Waals surface area contributed by atoms with E-state index in [0.29, 0.717) is 17.8 Å². The number of piperidine rings is 1. The normalized spacial score (nSPS) is 14.8. The van der Waals surface area contributed by atoms with Crippen molar-refractivity contribution in [1.82, 2.24) is 15.2 Å². The van der Waals surface area contributed by atoms with Crippen molar-refractivity contribution in [2.24, 2.45) is 0 Å². The molecule has 13 heteroatoms. The van der Waals surface area contributed by atoms with Crippen LogP contribution in [0.2, 0.25) is 5.02 Å². The third-order valence-corrected chi connectivity index (χ3v) is 5.62. The molecule has 1 aliphatic heterocycles. The third-order valence-electron chi connectivity index (χ3n) is 5.33. The minimum absolute atomic E-state index is 0.0652. The smallest absolute Gasteiger partial charge is 0.328 e. The predicted molar refractivity (Wildman–Crippen MR) is 126 cm³/mol. The number of hydrogen-bond acceptors (Lipinski definition) is 5. The van der Waals surface area contributed by atoms with Gasteiger partial charge in [-0.2, -0.15) is 0 Å². The SMILES string of the molecule is O=C(O)/C=C/C(=O)O.O=C(c1ccc(F)c(Cl)c1)N1CCC(F)(CNCc2ccc(C(F)F)cn2)CC1. The van der Waals surface area contributed by atoms with Gasteiger partial charge in [0.15, 0.2) is 0 Å². The molecule has 0 radical (unpaired) electrons. The van der Waals surface area contributed by atoms with Crippen molar-refractivity contribution < 1.29 is 42.2 Å². The molecule has 0 saturated carbocycles. The summed E-state index contributed by atoms with van der Waals surface area (Å²) in [6, 6.07) is 6.53. The number of hydrogen-bond donors (Lipinski definition) is 3. The molecule has 3 N–H and O–H groups in total. The van der Waals surface area contributed by atoms with Crippen molar-refractivity contribution in [3.05, 3.63) is 76.3 Å². The van der Waals surface area contributed by atoms with E-state index in [9.17, 15) is 27.6 Å². The lowest BCUT2D eigenvalue weighted by Crippen LogP contribution is -2.48. The van der Waals surface area contributed by atoms with E-state index in [-0.39, 0.29) is 61.1 Å². The van der Waals surface area contributed by atoms with Crippen LogP contribution in [0.5, 0.6) is 0 Å². The number of rotatable bonds is 8. The number of benzene rings is 1. The molecule has 200 valence electrons. The Morgan fingerprint density at radius 1 is 1.11 bits per heavy atom. The molecule has 8 nitrogen and oxygen atoms in total. The van der Waals surface area contributed by atoms with Crippen LogP contribution in [0.4, 0.5) is 17.6 Å². The summed E-state index contributed by atoms with van der Waals surface area (Å²) in [5, 5.41) is 18.5. The molecule has 1 amide bonds. The van der Waals surface area contributed by atoms with Crippen molar-refractivity contribution >= 4 is 29.4 Å². The van der Waals surface area contributed by atoms with E-state index in [1.165, 1.54) is 29.2 Å². The fraction of sp³-hybridized carbons (Fsp3) is 0.333. The fourth-order valence-electron chi connectivity index (χ4n) is 3.33. The average molecular weight is 546 g/mol. The summed E-state index contributed by atoms with van der Waals surface area (Å²) in [5.41, 5.74) is -0.839.